The molecular weight excluding hydrogens is 438 g/mol. The van der Waals surface area contributed by atoms with Gasteiger partial charge in [-0.2, -0.15) is 0 Å². The summed E-state index contributed by atoms with van der Waals surface area (Å²) in [5.74, 6) is 0.100. The van der Waals surface area contributed by atoms with Crippen LogP contribution < -0.4 is 0 Å². The van der Waals surface area contributed by atoms with Crippen molar-refractivity contribution in [1.82, 2.24) is 0 Å². The van der Waals surface area contributed by atoms with E-state index in [2.05, 4.69) is 55.0 Å². The fourth-order valence-electron chi connectivity index (χ4n) is 2.22. The van der Waals surface area contributed by atoms with Gasteiger partial charge in [0, 0.05) is 23.1 Å². The summed E-state index contributed by atoms with van der Waals surface area (Å²) in [5.41, 5.74) is 0.770. The maximum atomic E-state index is 11.2. The molecule has 194 valence electrons. The van der Waals surface area contributed by atoms with Crippen LogP contribution in [-0.4, -0.2) is 56.3 Å². The van der Waals surface area contributed by atoms with E-state index in [1.165, 1.54) is 13.2 Å². The summed E-state index contributed by atoms with van der Waals surface area (Å²) >= 11 is 0. The molecule has 1 heterocycles. The minimum absolute atomic E-state index is 0.101. The van der Waals surface area contributed by atoms with Crippen LogP contribution in [0.4, 0.5) is 0 Å². The predicted molar refractivity (Wildman–Crippen MR) is 135 cm³/mol. The number of unbranched alkanes of at least 4 members (excludes halogenated alkanes) is 1. The molecule has 0 aromatic carbocycles. The minimum Gasteiger partial charge on any atom is -0.478 e. The molecule has 0 bridgehead atoms. The van der Waals surface area contributed by atoms with E-state index in [1.54, 1.807) is 13.8 Å². The molecule has 0 radical (unpaired) electrons. The first-order chi connectivity index (χ1) is 15.8. The van der Waals surface area contributed by atoms with Crippen LogP contribution in [0, 0.1) is 5.92 Å². The van der Waals surface area contributed by atoms with Crippen LogP contribution in [0.2, 0.25) is 0 Å². The Kier molecular flexibility index (Phi) is 18.1. The minimum atomic E-state index is -0.347. The predicted octanol–water partition coefficient (Wildman–Crippen LogP) is 4.98. The monoisotopic (exact) mass is 481 g/mol. The molecule has 0 saturated heterocycles. The van der Waals surface area contributed by atoms with Crippen LogP contribution in [0.15, 0.2) is 42.0 Å². The summed E-state index contributed by atoms with van der Waals surface area (Å²) in [5, 5.41) is 0. The van der Waals surface area contributed by atoms with Gasteiger partial charge < -0.3 is 18.9 Å². The lowest BCUT2D eigenvalue weighted by atomic mass is 10.1. The van der Waals surface area contributed by atoms with Crippen LogP contribution in [-0.2, 0) is 33.3 Å². The van der Waals surface area contributed by atoms with Gasteiger partial charge in [0.05, 0.1) is 25.9 Å². The average Bonchev–Trinajstić information content (AvgIpc) is 3.16. The summed E-state index contributed by atoms with van der Waals surface area (Å²) < 4.78 is 19.6. The van der Waals surface area contributed by atoms with E-state index in [-0.39, 0.29) is 29.4 Å². The van der Waals surface area contributed by atoms with Gasteiger partial charge in [-0.05, 0) is 47.0 Å². The Labute approximate surface area is 205 Å². The molecule has 0 aromatic heterocycles. The van der Waals surface area contributed by atoms with E-state index >= 15 is 0 Å². The average molecular weight is 482 g/mol. The third-order valence-corrected chi connectivity index (χ3v) is 4.21. The molecule has 8 nitrogen and oxygen atoms in total. The Morgan fingerprint density at radius 2 is 1.65 bits per heavy atom. The lowest BCUT2D eigenvalue weighted by Crippen LogP contribution is -2.17. The van der Waals surface area contributed by atoms with Gasteiger partial charge in [-0.25, -0.2) is 19.4 Å². The van der Waals surface area contributed by atoms with Gasteiger partial charge in [-0.1, -0.05) is 40.0 Å². The van der Waals surface area contributed by atoms with Gasteiger partial charge in [-0.3, -0.25) is 0 Å². The van der Waals surface area contributed by atoms with E-state index in [0.29, 0.717) is 31.0 Å². The lowest BCUT2D eigenvalue weighted by Gasteiger charge is -2.11. The smallest absolute Gasteiger partial charge is 0.333 e. The third-order valence-electron chi connectivity index (χ3n) is 4.21. The van der Waals surface area contributed by atoms with Crippen LogP contribution in [0.5, 0.6) is 0 Å². The van der Waals surface area contributed by atoms with Crippen molar-refractivity contribution in [3.8, 4) is 0 Å². The van der Waals surface area contributed by atoms with Crippen LogP contribution in [0.3, 0.4) is 0 Å². The molecule has 0 N–H and O–H groups in total. The van der Waals surface area contributed by atoms with E-state index in [1.807, 2.05) is 6.92 Å². The molecule has 8 heteroatoms. The largest absolute Gasteiger partial charge is 0.478 e. The first-order valence-electron chi connectivity index (χ1n) is 11.4. The number of aliphatic imine (C=N–C) groups is 1. The molecule has 0 saturated carbocycles. The zero-order valence-electron chi connectivity index (χ0n) is 22.0. The van der Waals surface area contributed by atoms with E-state index < -0.39 is 0 Å². The summed E-state index contributed by atoms with van der Waals surface area (Å²) in [6.45, 7) is 23.2. The molecule has 0 spiro atoms. The lowest BCUT2D eigenvalue weighted by molar-refractivity contribution is -0.139. The summed E-state index contributed by atoms with van der Waals surface area (Å²) in [4.78, 5) is 36.2. The Bertz CT molecular complexity index is 723. The number of hydrogen-bond donors (Lipinski definition) is 0. The standard InChI is InChI=1S/C14H23NO3.C7H12O2.C5H8O2/c1-10(2)13(16)17-8-6-7-11(3)12-15-14(4,5)9-18-12;1-3-5-6-9-7(8)4-2;1-4(2)5(6)7-3/h11H,1,6-9H2,2-5H3;4H,2-3,5-6H2,1H3;1H2,2-3H3. The molecule has 0 amide bonds. The van der Waals surface area contributed by atoms with Crippen molar-refractivity contribution in [2.45, 2.75) is 72.8 Å². The highest BCUT2D eigenvalue weighted by Crippen LogP contribution is 2.22. The fraction of sp³-hybridized carbons (Fsp3) is 0.615. The molecule has 34 heavy (non-hydrogen) atoms. The number of ether oxygens (including phenoxy) is 4. The van der Waals surface area contributed by atoms with E-state index in [0.717, 1.165) is 31.6 Å². The quantitative estimate of drug-likeness (QED) is 0.177. The van der Waals surface area contributed by atoms with Gasteiger partial charge in [0.2, 0.25) is 0 Å². The number of carbonyl (C=O) groups is 3. The first kappa shape index (κ1) is 33.3. The number of hydrogen-bond acceptors (Lipinski definition) is 8. The second-order valence-corrected chi connectivity index (χ2v) is 8.51. The fourth-order valence-corrected chi connectivity index (χ4v) is 2.22. The molecule has 0 aromatic rings. The van der Waals surface area contributed by atoms with Gasteiger partial charge in [0.25, 0.3) is 0 Å². The number of nitrogens with zero attached hydrogens (tertiary/aromatic N) is 1. The van der Waals surface area contributed by atoms with E-state index in [4.69, 9.17) is 9.47 Å². The van der Waals surface area contributed by atoms with Crippen molar-refractivity contribution in [3.05, 3.63) is 37.0 Å². The highest BCUT2D eigenvalue weighted by atomic mass is 16.5. The van der Waals surface area contributed by atoms with Gasteiger partial charge in [-0.15, -0.1) is 0 Å². The second kappa shape index (κ2) is 18.5. The molecule has 0 fully saturated rings. The highest BCUT2D eigenvalue weighted by molar-refractivity contribution is 5.87. The van der Waals surface area contributed by atoms with Crippen molar-refractivity contribution in [3.63, 3.8) is 0 Å². The Morgan fingerprint density at radius 1 is 1.09 bits per heavy atom. The van der Waals surface area contributed by atoms with Crippen molar-refractivity contribution in [1.29, 1.82) is 0 Å². The zero-order chi connectivity index (χ0) is 26.7. The molecule has 0 aliphatic carbocycles. The number of carbonyl (C=O) groups excluding carboxylic acids is 3. The molecule has 1 aliphatic heterocycles. The maximum Gasteiger partial charge on any atom is 0.333 e. The van der Waals surface area contributed by atoms with Crippen LogP contribution in [0.25, 0.3) is 0 Å². The van der Waals surface area contributed by atoms with Crippen LogP contribution in [0.1, 0.15) is 67.2 Å². The maximum absolute atomic E-state index is 11.2. The van der Waals surface area contributed by atoms with Crippen molar-refractivity contribution < 1.29 is 33.3 Å². The number of esters is 3. The summed E-state index contributed by atoms with van der Waals surface area (Å²) in [6.07, 6.45) is 4.86. The molecule has 1 aliphatic rings. The topological polar surface area (TPSA) is 100 Å². The van der Waals surface area contributed by atoms with Gasteiger partial charge >= 0.3 is 17.9 Å². The van der Waals surface area contributed by atoms with Crippen molar-refractivity contribution in [2.75, 3.05) is 26.9 Å². The van der Waals surface area contributed by atoms with Crippen LogP contribution >= 0.6 is 0 Å². The third kappa shape index (κ3) is 17.6. The molecule has 1 rings (SSSR count). The molecule has 1 atom stereocenters. The Hall–Kier alpha value is -2.90. The van der Waals surface area contributed by atoms with E-state index in [9.17, 15) is 14.4 Å². The Balaban J connectivity index is 0. The zero-order valence-corrected chi connectivity index (χ0v) is 22.0. The normalized spacial score (nSPS) is 13.8. The van der Waals surface area contributed by atoms with Gasteiger partial charge in [0.15, 0.2) is 5.90 Å². The number of rotatable bonds is 11. The molecular formula is C26H43NO7. The highest BCUT2D eigenvalue weighted by Gasteiger charge is 2.28. The van der Waals surface area contributed by atoms with Crippen molar-refractivity contribution in [2.24, 2.45) is 10.9 Å². The second-order valence-electron chi connectivity index (χ2n) is 8.51. The SMILES string of the molecule is C=C(C)C(=O)OC.C=C(C)C(=O)OCCCC(C)C1=NC(C)(C)CO1.C=CC(=O)OCCCC. The summed E-state index contributed by atoms with van der Waals surface area (Å²) in [6, 6.07) is 0. The summed E-state index contributed by atoms with van der Waals surface area (Å²) in [7, 11) is 1.33. The molecule has 1 unspecified atom stereocenters. The van der Waals surface area contributed by atoms with Gasteiger partial charge in [0.1, 0.15) is 6.61 Å². The first-order valence-corrected chi connectivity index (χ1v) is 11.4. The van der Waals surface area contributed by atoms with Crippen molar-refractivity contribution >= 4 is 23.8 Å². The number of methoxy groups -OCH3 is 1. The Morgan fingerprint density at radius 3 is 2.03 bits per heavy atom.